The SMILES string of the molecule is CCCCCCCCC=CCCCCCCCCC1N(O)CCN1CCCC. The Kier molecular flexibility index (Phi) is 17.1. The average molecular weight is 395 g/mol. The summed E-state index contributed by atoms with van der Waals surface area (Å²) in [7, 11) is 0. The first-order valence-corrected chi connectivity index (χ1v) is 12.6. The summed E-state index contributed by atoms with van der Waals surface area (Å²) in [5, 5.41) is 11.6. The van der Waals surface area contributed by atoms with Crippen LogP contribution in [-0.2, 0) is 0 Å². The molecule has 0 aromatic carbocycles. The molecule has 28 heavy (non-hydrogen) atoms. The van der Waals surface area contributed by atoms with E-state index in [1.165, 1.54) is 103 Å². The predicted octanol–water partition coefficient (Wildman–Crippen LogP) is 7.55. The maximum absolute atomic E-state index is 10.1. The molecule has 0 bridgehead atoms. The van der Waals surface area contributed by atoms with Gasteiger partial charge in [0.2, 0.25) is 0 Å². The summed E-state index contributed by atoms with van der Waals surface area (Å²) in [5.74, 6) is 0. The van der Waals surface area contributed by atoms with Gasteiger partial charge in [0.25, 0.3) is 0 Å². The highest BCUT2D eigenvalue weighted by Gasteiger charge is 2.29. The second kappa shape index (κ2) is 18.6. The number of unbranched alkanes of at least 4 members (excludes halogenated alkanes) is 13. The molecule has 0 aromatic rings. The van der Waals surface area contributed by atoms with E-state index >= 15 is 0 Å². The van der Waals surface area contributed by atoms with Gasteiger partial charge >= 0.3 is 0 Å². The van der Waals surface area contributed by atoms with Gasteiger partial charge in [-0.2, -0.15) is 5.06 Å². The van der Waals surface area contributed by atoms with E-state index in [9.17, 15) is 5.21 Å². The Hall–Kier alpha value is -0.380. The minimum Gasteiger partial charge on any atom is -0.312 e. The molecule has 166 valence electrons. The van der Waals surface area contributed by atoms with Gasteiger partial charge in [0.1, 0.15) is 0 Å². The van der Waals surface area contributed by atoms with E-state index in [-0.39, 0.29) is 6.17 Å². The van der Waals surface area contributed by atoms with Crippen molar-refractivity contribution in [1.82, 2.24) is 9.96 Å². The maximum Gasteiger partial charge on any atom is 0.0866 e. The summed E-state index contributed by atoms with van der Waals surface area (Å²) in [5.41, 5.74) is 0. The van der Waals surface area contributed by atoms with Crippen molar-refractivity contribution in [3.05, 3.63) is 12.2 Å². The zero-order chi connectivity index (χ0) is 20.3. The molecule has 1 N–H and O–H groups in total. The third-order valence-corrected chi connectivity index (χ3v) is 6.15. The van der Waals surface area contributed by atoms with Crippen LogP contribution in [0.5, 0.6) is 0 Å². The molecule has 3 nitrogen and oxygen atoms in total. The lowest BCUT2D eigenvalue weighted by molar-refractivity contribution is -0.127. The quantitative estimate of drug-likeness (QED) is 0.181. The number of rotatable bonds is 19. The van der Waals surface area contributed by atoms with Crippen molar-refractivity contribution in [2.24, 2.45) is 0 Å². The molecule has 3 heteroatoms. The van der Waals surface area contributed by atoms with Crippen molar-refractivity contribution >= 4 is 0 Å². The summed E-state index contributed by atoms with van der Waals surface area (Å²) < 4.78 is 0. The van der Waals surface area contributed by atoms with Crippen LogP contribution in [0.1, 0.15) is 123 Å². The summed E-state index contributed by atoms with van der Waals surface area (Å²) in [4.78, 5) is 2.47. The van der Waals surface area contributed by atoms with Crippen molar-refractivity contribution in [2.75, 3.05) is 19.6 Å². The largest absolute Gasteiger partial charge is 0.312 e. The zero-order valence-corrected chi connectivity index (χ0v) is 19.2. The first-order chi connectivity index (χ1) is 13.8. The normalized spacial score (nSPS) is 18.6. The molecule has 0 saturated carbocycles. The van der Waals surface area contributed by atoms with Gasteiger partial charge in [-0.3, -0.25) is 4.90 Å². The van der Waals surface area contributed by atoms with E-state index in [2.05, 4.69) is 30.9 Å². The molecule has 1 aliphatic heterocycles. The molecule has 1 saturated heterocycles. The Balaban J connectivity index is 1.86. The highest BCUT2D eigenvalue weighted by Crippen LogP contribution is 2.20. The van der Waals surface area contributed by atoms with Crippen LogP contribution < -0.4 is 0 Å². The number of hydrogen-bond donors (Lipinski definition) is 1. The van der Waals surface area contributed by atoms with Crippen molar-refractivity contribution < 1.29 is 5.21 Å². The molecule has 0 aromatic heterocycles. The van der Waals surface area contributed by atoms with Crippen LogP contribution in [0.2, 0.25) is 0 Å². The van der Waals surface area contributed by atoms with E-state index in [0.717, 1.165) is 26.1 Å². The van der Waals surface area contributed by atoms with Gasteiger partial charge < -0.3 is 5.21 Å². The summed E-state index contributed by atoms with van der Waals surface area (Å²) in [6.45, 7) is 7.52. The molecule has 1 heterocycles. The van der Waals surface area contributed by atoms with Crippen molar-refractivity contribution in [3.8, 4) is 0 Å². The van der Waals surface area contributed by atoms with Gasteiger partial charge in [-0.05, 0) is 45.1 Å². The van der Waals surface area contributed by atoms with Gasteiger partial charge in [0, 0.05) is 13.1 Å². The standard InChI is InChI=1S/C25H50N2O/c1-3-5-7-8-9-10-11-12-13-14-15-16-17-18-19-20-21-25-26(22-6-4-2)23-24-27(25)28/h12-13,25,28H,3-11,14-24H2,1-2H3. The van der Waals surface area contributed by atoms with Crippen LogP contribution in [0.3, 0.4) is 0 Å². The molecular formula is C25H50N2O. The van der Waals surface area contributed by atoms with E-state index in [1.807, 2.05) is 0 Å². The van der Waals surface area contributed by atoms with Gasteiger partial charge in [-0.25, -0.2) is 0 Å². The molecule has 0 aliphatic carbocycles. The van der Waals surface area contributed by atoms with Crippen LogP contribution in [-0.4, -0.2) is 41.0 Å². The fraction of sp³-hybridized carbons (Fsp3) is 0.920. The monoisotopic (exact) mass is 394 g/mol. The molecule has 1 rings (SSSR count). The van der Waals surface area contributed by atoms with Crippen LogP contribution in [0.25, 0.3) is 0 Å². The average Bonchev–Trinajstić information content (AvgIpc) is 3.05. The lowest BCUT2D eigenvalue weighted by Crippen LogP contribution is -2.37. The summed E-state index contributed by atoms with van der Waals surface area (Å²) in [6, 6.07) is 0. The second-order valence-corrected chi connectivity index (χ2v) is 8.76. The lowest BCUT2D eigenvalue weighted by atomic mass is 10.1. The predicted molar refractivity (Wildman–Crippen MR) is 123 cm³/mol. The van der Waals surface area contributed by atoms with Crippen LogP contribution in [0.4, 0.5) is 0 Å². The van der Waals surface area contributed by atoms with Crippen molar-refractivity contribution in [3.63, 3.8) is 0 Å². The van der Waals surface area contributed by atoms with E-state index in [1.54, 1.807) is 5.06 Å². The number of hydroxylamine groups is 2. The molecule has 1 unspecified atom stereocenters. The van der Waals surface area contributed by atoms with Crippen molar-refractivity contribution in [2.45, 2.75) is 129 Å². The van der Waals surface area contributed by atoms with Crippen LogP contribution in [0.15, 0.2) is 12.2 Å². The summed E-state index contributed by atoms with van der Waals surface area (Å²) in [6.07, 6.45) is 27.7. The topological polar surface area (TPSA) is 26.7 Å². The third kappa shape index (κ3) is 13.0. The number of hydrogen-bond acceptors (Lipinski definition) is 3. The molecule has 0 spiro atoms. The van der Waals surface area contributed by atoms with E-state index in [0.29, 0.717) is 0 Å². The molecule has 0 radical (unpaired) electrons. The highest BCUT2D eigenvalue weighted by molar-refractivity contribution is 4.81. The van der Waals surface area contributed by atoms with Gasteiger partial charge in [-0.1, -0.05) is 96.6 Å². The fourth-order valence-corrected chi connectivity index (χ4v) is 4.25. The number of allylic oxidation sites excluding steroid dienone is 2. The Morgan fingerprint density at radius 1 is 0.679 bits per heavy atom. The Morgan fingerprint density at radius 3 is 1.82 bits per heavy atom. The first kappa shape index (κ1) is 25.7. The first-order valence-electron chi connectivity index (χ1n) is 12.6. The van der Waals surface area contributed by atoms with Gasteiger partial charge in [-0.15, -0.1) is 0 Å². The molecular weight excluding hydrogens is 344 g/mol. The Bertz CT molecular complexity index is 358. The summed E-state index contributed by atoms with van der Waals surface area (Å²) >= 11 is 0. The molecule has 1 fully saturated rings. The minimum atomic E-state index is 0.281. The number of nitrogens with zero attached hydrogens (tertiary/aromatic N) is 2. The van der Waals surface area contributed by atoms with Gasteiger partial charge in [0.15, 0.2) is 0 Å². The second-order valence-electron chi connectivity index (χ2n) is 8.76. The zero-order valence-electron chi connectivity index (χ0n) is 19.2. The third-order valence-electron chi connectivity index (χ3n) is 6.15. The molecule has 1 atom stereocenters. The minimum absolute atomic E-state index is 0.281. The molecule has 1 aliphatic rings. The Morgan fingerprint density at radius 2 is 1.21 bits per heavy atom. The van der Waals surface area contributed by atoms with E-state index < -0.39 is 0 Å². The lowest BCUT2D eigenvalue weighted by Gasteiger charge is -2.26. The van der Waals surface area contributed by atoms with E-state index in [4.69, 9.17) is 0 Å². The van der Waals surface area contributed by atoms with Gasteiger partial charge in [0.05, 0.1) is 6.17 Å². The van der Waals surface area contributed by atoms with Crippen LogP contribution in [0, 0.1) is 0 Å². The highest BCUT2D eigenvalue weighted by atomic mass is 16.5. The fourth-order valence-electron chi connectivity index (χ4n) is 4.25. The smallest absolute Gasteiger partial charge is 0.0866 e. The van der Waals surface area contributed by atoms with Crippen molar-refractivity contribution in [1.29, 1.82) is 0 Å². The van der Waals surface area contributed by atoms with Crippen LogP contribution >= 0.6 is 0 Å². The maximum atomic E-state index is 10.1. The Labute approximate surface area is 176 Å². The molecule has 0 amide bonds.